The Bertz CT molecular complexity index is 857. The van der Waals surface area contributed by atoms with Crippen molar-refractivity contribution in [2.75, 3.05) is 44.7 Å². The molecule has 0 aromatic heterocycles. The highest BCUT2D eigenvalue weighted by molar-refractivity contribution is 14.0. The van der Waals surface area contributed by atoms with Crippen molar-refractivity contribution in [3.05, 3.63) is 64.9 Å². The van der Waals surface area contributed by atoms with E-state index < -0.39 is 0 Å². The molecule has 1 saturated heterocycles. The van der Waals surface area contributed by atoms with Crippen molar-refractivity contribution >= 4 is 53.1 Å². The van der Waals surface area contributed by atoms with E-state index in [1.165, 1.54) is 12.1 Å². The predicted octanol–water partition coefficient (Wildman–Crippen LogP) is 3.11. The Morgan fingerprint density at radius 2 is 1.80 bits per heavy atom. The lowest BCUT2D eigenvalue weighted by molar-refractivity contribution is -0.130. The Balaban J connectivity index is 0.00000320. The van der Waals surface area contributed by atoms with E-state index in [4.69, 9.17) is 11.6 Å². The summed E-state index contributed by atoms with van der Waals surface area (Å²) in [5.74, 6) is 0.247. The largest absolute Gasteiger partial charge is 0.368 e. The standard InChI is InChI=1S/C21H25ClFN5O.HI/c1-24-21(25-14-16-3-2-4-18(23)13-16)26-15-20(29)28-11-9-27(10-12-28)19-7-5-17(22)6-8-19;/h2-8,13H,9-12,14-15H2,1H3,(H2,24,25,26);1H. The van der Waals surface area contributed by atoms with Crippen molar-refractivity contribution in [3.63, 3.8) is 0 Å². The minimum atomic E-state index is -0.278. The molecule has 6 nitrogen and oxygen atoms in total. The number of benzene rings is 2. The molecule has 2 aromatic carbocycles. The fraction of sp³-hybridized carbons (Fsp3) is 0.333. The Morgan fingerprint density at radius 3 is 2.43 bits per heavy atom. The van der Waals surface area contributed by atoms with Gasteiger partial charge in [0.2, 0.25) is 5.91 Å². The number of carbonyl (C=O) groups is 1. The number of guanidine groups is 1. The van der Waals surface area contributed by atoms with Crippen LogP contribution in [0.3, 0.4) is 0 Å². The number of piperazine rings is 1. The summed E-state index contributed by atoms with van der Waals surface area (Å²) >= 11 is 5.94. The second-order valence-corrected chi connectivity index (χ2v) is 7.19. The van der Waals surface area contributed by atoms with Crippen molar-refractivity contribution in [3.8, 4) is 0 Å². The third-order valence-electron chi connectivity index (χ3n) is 4.80. The molecule has 1 heterocycles. The zero-order valence-corrected chi connectivity index (χ0v) is 19.9. The highest BCUT2D eigenvalue weighted by Crippen LogP contribution is 2.19. The lowest BCUT2D eigenvalue weighted by Gasteiger charge is -2.36. The fourth-order valence-electron chi connectivity index (χ4n) is 3.19. The molecule has 0 unspecified atom stereocenters. The molecule has 1 aliphatic heterocycles. The highest BCUT2D eigenvalue weighted by atomic mass is 127. The van der Waals surface area contributed by atoms with Gasteiger partial charge in [-0.15, -0.1) is 24.0 Å². The summed E-state index contributed by atoms with van der Waals surface area (Å²) in [4.78, 5) is 20.7. The number of nitrogens with zero attached hydrogens (tertiary/aromatic N) is 3. The van der Waals surface area contributed by atoms with E-state index in [1.807, 2.05) is 35.2 Å². The van der Waals surface area contributed by atoms with Gasteiger partial charge in [0.15, 0.2) is 5.96 Å². The number of halogens is 3. The fourth-order valence-corrected chi connectivity index (χ4v) is 3.32. The van der Waals surface area contributed by atoms with Crippen molar-refractivity contribution in [1.29, 1.82) is 0 Å². The van der Waals surface area contributed by atoms with Crippen LogP contribution in [0.1, 0.15) is 5.56 Å². The summed E-state index contributed by atoms with van der Waals surface area (Å²) < 4.78 is 13.3. The van der Waals surface area contributed by atoms with Crippen LogP contribution in [0.25, 0.3) is 0 Å². The predicted molar refractivity (Wildman–Crippen MR) is 130 cm³/mol. The van der Waals surface area contributed by atoms with Gasteiger partial charge >= 0.3 is 0 Å². The second kappa shape index (κ2) is 11.9. The van der Waals surface area contributed by atoms with Crippen LogP contribution >= 0.6 is 35.6 Å². The molecule has 2 N–H and O–H groups in total. The minimum absolute atomic E-state index is 0. The van der Waals surface area contributed by atoms with Gasteiger partial charge in [0.25, 0.3) is 0 Å². The van der Waals surface area contributed by atoms with Gasteiger partial charge in [-0.25, -0.2) is 4.39 Å². The summed E-state index contributed by atoms with van der Waals surface area (Å²) in [5, 5.41) is 6.83. The number of amides is 1. The third-order valence-corrected chi connectivity index (χ3v) is 5.06. The van der Waals surface area contributed by atoms with E-state index in [9.17, 15) is 9.18 Å². The van der Waals surface area contributed by atoms with E-state index in [0.717, 1.165) is 24.3 Å². The number of carbonyl (C=O) groups excluding carboxylic acids is 1. The smallest absolute Gasteiger partial charge is 0.242 e. The van der Waals surface area contributed by atoms with Crippen LogP contribution in [-0.2, 0) is 11.3 Å². The molecule has 9 heteroatoms. The molecule has 2 aromatic rings. The molecular formula is C21H26ClFIN5O. The summed E-state index contributed by atoms with van der Waals surface area (Å²) in [5.41, 5.74) is 1.92. The van der Waals surface area contributed by atoms with Crippen molar-refractivity contribution < 1.29 is 9.18 Å². The molecule has 0 bridgehead atoms. The Morgan fingerprint density at radius 1 is 1.10 bits per heavy atom. The first kappa shape index (κ1) is 24.2. The third kappa shape index (κ3) is 7.02. The van der Waals surface area contributed by atoms with Crippen LogP contribution in [0.15, 0.2) is 53.5 Å². The maximum absolute atomic E-state index is 13.3. The summed E-state index contributed by atoms with van der Waals surface area (Å²) in [6, 6.07) is 14.1. The summed E-state index contributed by atoms with van der Waals surface area (Å²) in [6.07, 6.45) is 0. The van der Waals surface area contributed by atoms with Crippen LogP contribution in [0.4, 0.5) is 10.1 Å². The minimum Gasteiger partial charge on any atom is -0.368 e. The number of hydrogen-bond acceptors (Lipinski definition) is 3. The highest BCUT2D eigenvalue weighted by Gasteiger charge is 2.21. The summed E-state index contributed by atoms with van der Waals surface area (Å²) in [7, 11) is 1.64. The van der Waals surface area contributed by atoms with Gasteiger partial charge < -0.3 is 20.4 Å². The average molecular weight is 546 g/mol. The van der Waals surface area contributed by atoms with E-state index in [-0.39, 0.29) is 42.2 Å². The maximum atomic E-state index is 13.3. The summed E-state index contributed by atoms with van der Waals surface area (Å²) in [6.45, 7) is 3.46. The van der Waals surface area contributed by atoms with E-state index in [1.54, 1.807) is 13.1 Å². The topological polar surface area (TPSA) is 60.0 Å². The van der Waals surface area contributed by atoms with Gasteiger partial charge in [0.1, 0.15) is 5.82 Å². The van der Waals surface area contributed by atoms with Gasteiger partial charge in [-0.2, -0.15) is 0 Å². The Hall–Kier alpha value is -2.07. The first-order chi connectivity index (χ1) is 14.0. The first-order valence-electron chi connectivity index (χ1n) is 9.52. The molecule has 0 radical (unpaired) electrons. The molecule has 1 fully saturated rings. The molecular weight excluding hydrogens is 520 g/mol. The zero-order chi connectivity index (χ0) is 20.6. The van der Waals surface area contributed by atoms with Crippen LogP contribution in [-0.4, -0.2) is 56.5 Å². The van der Waals surface area contributed by atoms with Crippen LogP contribution < -0.4 is 15.5 Å². The Kier molecular flexibility index (Phi) is 9.64. The number of aliphatic imine (C=N–C) groups is 1. The monoisotopic (exact) mass is 545 g/mol. The molecule has 0 saturated carbocycles. The maximum Gasteiger partial charge on any atom is 0.242 e. The molecule has 3 rings (SSSR count). The van der Waals surface area contributed by atoms with Crippen LogP contribution in [0, 0.1) is 5.82 Å². The van der Waals surface area contributed by atoms with E-state index in [2.05, 4.69) is 20.5 Å². The van der Waals surface area contributed by atoms with E-state index in [0.29, 0.717) is 30.6 Å². The second-order valence-electron chi connectivity index (χ2n) is 6.75. The molecule has 1 amide bonds. The van der Waals surface area contributed by atoms with Gasteiger partial charge in [-0.05, 0) is 42.0 Å². The quantitative estimate of drug-likeness (QED) is 0.344. The molecule has 0 aliphatic carbocycles. The van der Waals surface area contributed by atoms with Crippen LogP contribution in [0.2, 0.25) is 5.02 Å². The molecule has 0 atom stereocenters. The zero-order valence-electron chi connectivity index (χ0n) is 16.8. The number of anilines is 1. The van der Waals surface area contributed by atoms with Gasteiger partial charge in [-0.3, -0.25) is 9.79 Å². The Labute approximate surface area is 198 Å². The van der Waals surface area contributed by atoms with Crippen molar-refractivity contribution in [1.82, 2.24) is 15.5 Å². The number of hydrogen-bond donors (Lipinski definition) is 2. The lowest BCUT2D eigenvalue weighted by Crippen LogP contribution is -2.52. The van der Waals surface area contributed by atoms with Crippen molar-refractivity contribution in [2.45, 2.75) is 6.54 Å². The molecule has 1 aliphatic rings. The van der Waals surface area contributed by atoms with Gasteiger partial charge in [-0.1, -0.05) is 23.7 Å². The average Bonchev–Trinajstić information content (AvgIpc) is 2.74. The van der Waals surface area contributed by atoms with Gasteiger partial charge in [0, 0.05) is 50.5 Å². The lowest BCUT2D eigenvalue weighted by atomic mass is 10.2. The normalized spacial score (nSPS) is 14.2. The molecule has 30 heavy (non-hydrogen) atoms. The van der Waals surface area contributed by atoms with E-state index >= 15 is 0 Å². The van der Waals surface area contributed by atoms with Crippen LogP contribution in [0.5, 0.6) is 0 Å². The van der Waals surface area contributed by atoms with Crippen molar-refractivity contribution in [2.24, 2.45) is 4.99 Å². The number of nitrogens with one attached hydrogen (secondary N) is 2. The number of rotatable bonds is 5. The first-order valence-corrected chi connectivity index (χ1v) is 9.90. The SMILES string of the molecule is CN=C(NCC(=O)N1CCN(c2ccc(Cl)cc2)CC1)NCc1cccc(F)c1.I. The molecule has 162 valence electrons. The molecule has 0 spiro atoms. The van der Waals surface area contributed by atoms with Gasteiger partial charge in [0.05, 0.1) is 6.54 Å².